The molecule has 0 bridgehead atoms. The first kappa shape index (κ1) is 22.7. The zero-order valence-electron chi connectivity index (χ0n) is 20.0. The lowest BCUT2D eigenvalue weighted by Crippen LogP contribution is -1.96. The van der Waals surface area contributed by atoms with Crippen LogP contribution in [0.5, 0.6) is 0 Å². The number of rotatable bonds is 4. The molecule has 7 aromatic rings. The second kappa shape index (κ2) is 9.45. The molecule has 180 valence electrons. The van der Waals surface area contributed by atoms with Gasteiger partial charge in [0, 0.05) is 37.7 Å². The highest BCUT2D eigenvalue weighted by molar-refractivity contribution is 7.25. The molecule has 0 amide bonds. The summed E-state index contributed by atoms with van der Waals surface area (Å²) in [5.74, 6) is 0.695. The Bertz CT molecular complexity index is 1860. The van der Waals surface area contributed by atoms with E-state index in [-0.39, 0.29) is 5.28 Å². The number of benzene rings is 4. The van der Waals surface area contributed by atoms with E-state index in [1.165, 1.54) is 4.70 Å². The monoisotopic (exact) mass is 526 g/mol. The zero-order chi connectivity index (χ0) is 25.5. The van der Waals surface area contributed by atoms with Gasteiger partial charge in [0.15, 0.2) is 5.82 Å². The van der Waals surface area contributed by atoms with Gasteiger partial charge in [-0.25, -0.2) is 19.9 Å². The molecule has 0 atom stereocenters. The van der Waals surface area contributed by atoms with Crippen molar-refractivity contribution < 1.29 is 0 Å². The molecule has 38 heavy (non-hydrogen) atoms. The molecule has 3 heterocycles. The summed E-state index contributed by atoms with van der Waals surface area (Å²) in [6, 6.07) is 38.9. The van der Waals surface area contributed by atoms with Crippen LogP contribution in [0, 0.1) is 0 Å². The van der Waals surface area contributed by atoms with Crippen molar-refractivity contribution in [3.05, 3.63) is 121 Å². The maximum Gasteiger partial charge on any atom is 0.224 e. The summed E-state index contributed by atoms with van der Waals surface area (Å²) in [6.45, 7) is 0. The smallest absolute Gasteiger partial charge is 0.224 e. The van der Waals surface area contributed by atoms with Gasteiger partial charge in [0.25, 0.3) is 0 Å². The summed E-state index contributed by atoms with van der Waals surface area (Å²) in [5.41, 5.74) is 6.58. The standard InChI is InChI=1S/C32H19ClN4S/c33-32-36-29(28-24-13-7-8-14-27(24)38-31(28)37-32)22-17-15-21(16-18-22)26-19-25(20-9-3-1-4-10-20)34-30(35-26)23-11-5-2-6-12-23/h1-19H. The highest BCUT2D eigenvalue weighted by atomic mass is 35.5. The summed E-state index contributed by atoms with van der Waals surface area (Å²) in [4.78, 5) is 19.9. The number of aromatic nitrogens is 4. The predicted molar refractivity (Wildman–Crippen MR) is 157 cm³/mol. The minimum atomic E-state index is 0.249. The molecule has 0 radical (unpaired) electrons. The van der Waals surface area contributed by atoms with Crippen molar-refractivity contribution in [2.24, 2.45) is 0 Å². The Hall–Kier alpha value is -4.45. The maximum atomic E-state index is 6.35. The van der Waals surface area contributed by atoms with Gasteiger partial charge in [0.1, 0.15) is 4.83 Å². The van der Waals surface area contributed by atoms with Gasteiger partial charge in [-0.3, -0.25) is 0 Å². The van der Waals surface area contributed by atoms with Gasteiger partial charge in [-0.2, -0.15) is 0 Å². The summed E-state index contributed by atoms with van der Waals surface area (Å²) in [5, 5.41) is 2.42. The molecule has 3 aromatic heterocycles. The van der Waals surface area contributed by atoms with Crippen molar-refractivity contribution in [1.82, 2.24) is 19.9 Å². The van der Waals surface area contributed by atoms with Crippen molar-refractivity contribution in [2.75, 3.05) is 0 Å². The van der Waals surface area contributed by atoms with E-state index in [4.69, 9.17) is 21.6 Å². The lowest BCUT2D eigenvalue weighted by atomic mass is 10.0. The van der Waals surface area contributed by atoms with Crippen molar-refractivity contribution in [3.8, 4) is 45.2 Å². The number of fused-ring (bicyclic) bond motifs is 3. The molecule has 4 nitrogen and oxygen atoms in total. The molecule has 0 N–H and O–H groups in total. The molecule has 0 aliphatic heterocycles. The second-order valence-electron chi connectivity index (χ2n) is 8.89. The first-order chi connectivity index (χ1) is 18.7. The average Bonchev–Trinajstić information content (AvgIpc) is 3.36. The van der Waals surface area contributed by atoms with Gasteiger partial charge in [-0.1, -0.05) is 103 Å². The maximum absolute atomic E-state index is 6.35. The van der Waals surface area contributed by atoms with Crippen LogP contribution < -0.4 is 0 Å². The van der Waals surface area contributed by atoms with E-state index in [0.717, 1.165) is 54.9 Å². The fourth-order valence-electron chi connectivity index (χ4n) is 4.67. The number of hydrogen-bond acceptors (Lipinski definition) is 5. The Morgan fingerprint density at radius 2 is 1.11 bits per heavy atom. The van der Waals surface area contributed by atoms with Crippen LogP contribution in [-0.2, 0) is 0 Å². The van der Waals surface area contributed by atoms with Crippen LogP contribution >= 0.6 is 22.9 Å². The van der Waals surface area contributed by atoms with Crippen LogP contribution in [-0.4, -0.2) is 19.9 Å². The molecule has 7 rings (SSSR count). The average molecular weight is 527 g/mol. The largest absolute Gasteiger partial charge is 0.228 e. The van der Waals surface area contributed by atoms with Gasteiger partial charge < -0.3 is 0 Å². The van der Waals surface area contributed by atoms with Gasteiger partial charge in [-0.15, -0.1) is 11.3 Å². The van der Waals surface area contributed by atoms with Gasteiger partial charge in [-0.05, 0) is 23.7 Å². The zero-order valence-corrected chi connectivity index (χ0v) is 21.6. The van der Waals surface area contributed by atoms with Crippen LogP contribution in [0.2, 0.25) is 5.28 Å². The number of thiophene rings is 1. The Morgan fingerprint density at radius 1 is 0.526 bits per heavy atom. The van der Waals surface area contributed by atoms with Crippen LogP contribution in [0.4, 0.5) is 0 Å². The molecule has 0 aliphatic carbocycles. The summed E-state index contributed by atoms with van der Waals surface area (Å²) in [6.07, 6.45) is 0. The molecular weight excluding hydrogens is 508 g/mol. The van der Waals surface area contributed by atoms with E-state index in [1.54, 1.807) is 11.3 Å². The first-order valence-electron chi connectivity index (χ1n) is 12.2. The minimum absolute atomic E-state index is 0.249. The Morgan fingerprint density at radius 3 is 1.82 bits per heavy atom. The Labute approximate surface area is 228 Å². The third kappa shape index (κ3) is 4.12. The second-order valence-corrected chi connectivity index (χ2v) is 10.3. The quantitative estimate of drug-likeness (QED) is 0.215. The van der Waals surface area contributed by atoms with Crippen LogP contribution in [0.1, 0.15) is 0 Å². The van der Waals surface area contributed by atoms with E-state index in [1.807, 2.05) is 66.7 Å². The van der Waals surface area contributed by atoms with Gasteiger partial charge in [0.05, 0.1) is 17.1 Å². The Kier molecular flexibility index (Phi) is 5.65. The third-order valence-corrected chi connectivity index (χ3v) is 7.73. The highest BCUT2D eigenvalue weighted by Gasteiger charge is 2.16. The molecule has 0 unspecified atom stereocenters. The Balaban J connectivity index is 1.36. The van der Waals surface area contributed by atoms with Crippen LogP contribution in [0.3, 0.4) is 0 Å². The highest BCUT2D eigenvalue weighted by Crippen LogP contribution is 2.39. The third-order valence-electron chi connectivity index (χ3n) is 6.49. The van der Waals surface area contributed by atoms with E-state index in [0.29, 0.717) is 5.82 Å². The predicted octanol–water partition coefficient (Wildman–Crippen LogP) is 8.96. The number of halogens is 1. The fraction of sp³-hybridized carbons (Fsp3) is 0. The first-order valence-corrected chi connectivity index (χ1v) is 13.4. The number of nitrogens with zero attached hydrogens (tertiary/aromatic N) is 4. The van der Waals surface area contributed by atoms with Gasteiger partial charge in [0.2, 0.25) is 5.28 Å². The molecule has 4 aromatic carbocycles. The topological polar surface area (TPSA) is 51.6 Å². The van der Waals surface area contributed by atoms with Crippen molar-refractivity contribution in [2.45, 2.75) is 0 Å². The molecular formula is C32H19ClN4S. The molecule has 6 heteroatoms. The summed E-state index contributed by atoms with van der Waals surface area (Å²) in [7, 11) is 0. The lowest BCUT2D eigenvalue weighted by molar-refractivity contribution is 1.18. The minimum Gasteiger partial charge on any atom is -0.228 e. The van der Waals surface area contributed by atoms with E-state index < -0.39 is 0 Å². The summed E-state index contributed by atoms with van der Waals surface area (Å²) >= 11 is 7.98. The van der Waals surface area contributed by atoms with Crippen molar-refractivity contribution in [1.29, 1.82) is 0 Å². The van der Waals surface area contributed by atoms with E-state index in [9.17, 15) is 0 Å². The van der Waals surface area contributed by atoms with Crippen molar-refractivity contribution in [3.63, 3.8) is 0 Å². The molecule has 0 spiro atoms. The van der Waals surface area contributed by atoms with Crippen molar-refractivity contribution >= 4 is 43.2 Å². The molecule has 0 saturated carbocycles. The van der Waals surface area contributed by atoms with E-state index >= 15 is 0 Å². The normalized spacial score (nSPS) is 11.3. The lowest BCUT2D eigenvalue weighted by Gasteiger charge is -2.10. The number of hydrogen-bond donors (Lipinski definition) is 0. The molecule has 0 fully saturated rings. The van der Waals surface area contributed by atoms with Crippen LogP contribution in [0.15, 0.2) is 115 Å². The fourth-order valence-corrected chi connectivity index (χ4v) is 5.97. The molecule has 0 aliphatic rings. The van der Waals surface area contributed by atoms with Gasteiger partial charge >= 0.3 is 0 Å². The van der Waals surface area contributed by atoms with Crippen LogP contribution in [0.25, 0.3) is 65.5 Å². The SMILES string of the molecule is Clc1nc(-c2ccc(-c3cc(-c4ccccc4)nc(-c4ccccc4)n3)cc2)c2c(n1)sc1ccccc12. The summed E-state index contributed by atoms with van der Waals surface area (Å²) < 4.78 is 1.17. The van der Waals surface area contributed by atoms with E-state index in [2.05, 4.69) is 58.5 Å². The molecule has 0 saturated heterocycles.